The van der Waals surface area contributed by atoms with Gasteiger partial charge in [0, 0.05) is 42.8 Å². The molecule has 4 heteroatoms. The highest BCUT2D eigenvalue weighted by molar-refractivity contribution is 6.10. The van der Waals surface area contributed by atoms with E-state index in [0.717, 1.165) is 61.0 Å². The van der Waals surface area contributed by atoms with Gasteiger partial charge in [0.25, 0.3) is 0 Å². The van der Waals surface area contributed by atoms with Crippen molar-refractivity contribution in [2.24, 2.45) is 16.7 Å². The monoisotopic (exact) mass is 403 g/mol. The highest BCUT2D eigenvalue weighted by Gasteiger charge is 2.63. The molecule has 0 aromatic heterocycles. The second-order valence-corrected chi connectivity index (χ2v) is 10.4. The molecule has 0 radical (unpaired) electrons. The molecule has 1 saturated heterocycles. The molecule has 1 aliphatic heterocycles. The summed E-state index contributed by atoms with van der Waals surface area (Å²) in [5, 5.41) is 0. The Bertz CT molecular complexity index is 979. The lowest BCUT2D eigenvalue weighted by atomic mass is 9.45. The smallest absolute Gasteiger partial charge is 0.225 e. The van der Waals surface area contributed by atoms with Gasteiger partial charge in [0.2, 0.25) is 5.91 Å². The number of aryl methyl sites for hydroxylation is 2. The molecular weight excluding hydrogens is 374 g/mol. The Kier molecular flexibility index (Phi) is 4.26. The van der Waals surface area contributed by atoms with Crippen LogP contribution in [0.3, 0.4) is 0 Å². The first kappa shape index (κ1) is 19.5. The van der Waals surface area contributed by atoms with Crippen LogP contribution >= 0.6 is 0 Å². The molecule has 4 fully saturated rings. The van der Waals surface area contributed by atoms with Crippen molar-refractivity contribution in [3.63, 3.8) is 0 Å². The minimum Gasteiger partial charge on any atom is -0.341 e. The summed E-state index contributed by atoms with van der Waals surface area (Å²) in [6.45, 7) is 7.42. The molecule has 3 saturated carbocycles. The van der Waals surface area contributed by atoms with Crippen molar-refractivity contribution < 1.29 is 14.4 Å². The van der Waals surface area contributed by atoms with Gasteiger partial charge in [-0.15, -0.1) is 5.92 Å². The van der Waals surface area contributed by atoms with Crippen molar-refractivity contribution in [2.45, 2.75) is 65.2 Å². The van der Waals surface area contributed by atoms with E-state index in [1.54, 1.807) is 6.92 Å². The van der Waals surface area contributed by atoms with Gasteiger partial charge in [-0.05, 0) is 80.7 Å². The maximum Gasteiger partial charge on any atom is 0.225 e. The quantitative estimate of drug-likeness (QED) is 0.559. The lowest BCUT2D eigenvalue weighted by molar-refractivity contribution is -0.180. The number of carbonyl (C=O) groups excluding carboxylic acids is 3. The number of amides is 1. The zero-order valence-electron chi connectivity index (χ0n) is 18.1. The minimum absolute atomic E-state index is 0.0758. The molecule has 156 valence electrons. The van der Waals surface area contributed by atoms with Crippen molar-refractivity contribution in [2.75, 3.05) is 13.1 Å². The average molecular weight is 404 g/mol. The van der Waals surface area contributed by atoms with Crippen LogP contribution in [-0.4, -0.2) is 35.5 Å². The van der Waals surface area contributed by atoms with Crippen LogP contribution in [0.5, 0.6) is 0 Å². The van der Waals surface area contributed by atoms with Crippen molar-refractivity contribution in [3.05, 3.63) is 34.4 Å². The maximum atomic E-state index is 13.2. The van der Waals surface area contributed by atoms with Crippen molar-refractivity contribution >= 4 is 17.5 Å². The lowest BCUT2D eigenvalue weighted by Crippen LogP contribution is -2.68. The highest BCUT2D eigenvalue weighted by atomic mass is 16.2. The van der Waals surface area contributed by atoms with Gasteiger partial charge in [-0.2, -0.15) is 0 Å². The summed E-state index contributed by atoms with van der Waals surface area (Å²) in [5.74, 6) is 6.10. The zero-order chi connectivity index (χ0) is 21.3. The molecule has 0 bridgehead atoms. The van der Waals surface area contributed by atoms with Crippen molar-refractivity contribution in [3.8, 4) is 11.8 Å². The van der Waals surface area contributed by atoms with E-state index in [1.165, 1.54) is 0 Å². The molecule has 1 aromatic rings. The summed E-state index contributed by atoms with van der Waals surface area (Å²) in [6.07, 6.45) is 4.92. The van der Waals surface area contributed by atoms with Crippen LogP contribution in [0, 0.1) is 42.4 Å². The summed E-state index contributed by atoms with van der Waals surface area (Å²) >= 11 is 0. The summed E-state index contributed by atoms with van der Waals surface area (Å²) in [7, 11) is 0. The van der Waals surface area contributed by atoms with Gasteiger partial charge in [0.05, 0.1) is 0 Å². The molecule has 0 unspecified atom stereocenters. The predicted molar refractivity (Wildman–Crippen MR) is 114 cm³/mol. The van der Waals surface area contributed by atoms with Crippen molar-refractivity contribution in [1.82, 2.24) is 4.90 Å². The summed E-state index contributed by atoms with van der Waals surface area (Å²) < 4.78 is 0. The third kappa shape index (κ3) is 3.02. The molecule has 4 nitrogen and oxygen atoms in total. The Hall–Kier alpha value is -2.41. The fraction of sp³-hybridized carbons (Fsp3) is 0.577. The number of rotatable bonds is 2. The number of likely N-dealkylation sites (tertiary alicyclic amines) is 1. The molecule has 30 heavy (non-hydrogen) atoms. The molecule has 1 heterocycles. The number of ketones is 2. The summed E-state index contributed by atoms with van der Waals surface area (Å²) in [6, 6.07) is 3.98. The lowest BCUT2D eigenvalue weighted by Gasteiger charge is -2.65. The number of Topliss-reactive ketones (excluding diaryl/α,β-unsaturated/α-hetero) is 2. The van der Waals surface area contributed by atoms with Crippen LogP contribution in [0.25, 0.3) is 0 Å². The second kappa shape index (κ2) is 6.54. The number of nitrogens with zero attached hydrogens (tertiary/aromatic N) is 1. The van der Waals surface area contributed by atoms with Gasteiger partial charge in [0.1, 0.15) is 17.5 Å². The first-order valence-corrected chi connectivity index (χ1v) is 11.1. The van der Waals surface area contributed by atoms with Gasteiger partial charge in [-0.3, -0.25) is 14.4 Å². The topological polar surface area (TPSA) is 54.5 Å². The van der Waals surface area contributed by atoms with Crippen molar-refractivity contribution in [1.29, 1.82) is 0 Å². The summed E-state index contributed by atoms with van der Waals surface area (Å²) in [4.78, 5) is 40.6. The van der Waals surface area contributed by atoms with Gasteiger partial charge >= 0.3 is 0 Å². The number of benzene rings is 1. The van der Waals surface area contributed by atoms with Gasteiger partial charge in [0.15, 0.2) is 0 Å². The number of carbonyl (C=O) groups is 3. The van der Waals surface area contributed by atoms with Gasteiger partial charge < -0.3 is 4.90 Å². The Balaban J connectivity index is 1.29. The van der Waals surface area contributed by atoms with Crippen LogP contribution in [0.15, 0.2) is 12.1 Å². The van der Waals surface area contributed by atoms with E-state index >= 15 is 0 Å². The van der Waals surface area contributed by atoms with E-state index in [-0.39, 0.29) is 28.3 Å². The normalized spacial score (nSPS) is 24.3. The largest absolute Gasteiger partial charge is 0.341 e. The molecule has 0 N–H and O–H groups in total. The molecule has 2 spiro atoms. The van der Waals surface area contributed by atoms with E-state index < -0.39 is 5.92 Å². The fourth-order valence-corrected chi connectivity index (χ4v) is 6.67. The predicted octanol–water partition coefficient (Wildman–Crippen LogP) is 3.71. The molecule has 4 aliphatic rings. The first-order valence-electron chi connectivity index (χ1n) is 11.1. The van der Waals surface area contributed by atoms with E-state index in [0.29, 0.717) is 18.7 Å². The van der Waals surface area contributed by atoms with Crippen LogP contribution in [0.1, 0.15) is 73.6 Å². The second-order valence-electron chi connectivity index (χ2n) is 10.4. The zero-order valence-corrected chi connectivity index (χ0v) is 18.1. The SMILES string of the molecule is CC#Cc1cc(C)c(C2C(=O)CC3(CC2=O)CC2(CN(C(=O)C4CC4)C2)C3)c(C)c1. The van der Waals surface area contributed by atoms with E-state index in [1.807, 2.05) is 30.9 Å². The van der Waals surface area contributed by atoms with Crippen LogP contribution < -0.4 is 0 Å². The molecule has 1 amide bonds. The van der Waals surface area contributed by atoms with E-state index in [9.17, 15) is 14.4 Å². The first-order chi connectivity index (χ1) is 14.2. The third-order valence-corrected chi connectivity index (χ3v) is 7.68. The van der Waals surface area contributed by atoms with E-state index in [2.05, 4.69) is 11.8 Å². The molecular formula is C26H29NO3. The highest BCUT2D eigenvalue weighted by Crippen LogP contribution is 2.64. The Labute approximate surface area is 178 Å². The molecule has 5 rings (SSSR count). The van der Waals surface area contributed by atoms with Crippen LogP contribution in [0.4, 0.5) is 0 Å². The fourth-order valence-electron chi connectivity index (χ4n) is 6.67. The molecule has 3 aliphatic carbocycles. The van der Waals surface area contributed by atoms with E-state index in [4.69, 9.17) is 0 Å². The van der Waals surface area contributed by atoms with Gasteiger partial charge in [-0.25, -0.2) is 0 Å². The average Bonchev–Trinajstić information content (AvgIpc) is 3.43. The Morgan fingerprint density at radius 3 is 2.07 bits per heavy atom. The number of hydrogen-bond acceptors (Lipinski definition) is 3. The van der Waals surface area contributed by atoms with Gasteiger partial charge in [-0.1, -0.05) is 5.92 Å². The summed E-state index contributed by atoms with van der Waals surface area (Å²) in [5.41, 5.74) is 3.79. The maximum absolute atomic E-state index is 13.2. The Morgan fingerprint density at radius 1 is 1.00 bits per heavy atom. The van der Waals surface area contributed by atoms with Crippen LogP contribution in [-0.2, 0) is 14.4 Å². The standard InChI is InChI=1S/C26H29NO3/c1-4-5-18-8-16(2)22(17(3)9-18)23-20(28)10-25(11-21(23)29)12-26(13-25)14-27(15-26)24(30)19-6-7-19/h8-9,19,23H,6-7,10-15H2,1-3H3. The molecule has 0 atom stereocenters. The molecule has 1 aromatic carbocycles. The minimum atomic E-state index is -0.620. The third-order valence-electron chi connectivity index (χ3n) is 7.68. The number of hydrogen-bond donors (Lipinski definition) is 0. The van der Waals surface area contributed by atoms with Crippen LogP contribution in [0.2, 0.25) is 0 Å². The Morgan fingerprint density at radius 2 is 1.57 bits per heavy atom.